The molecule has 2 aromatic rings. The van der Waals surface area contributed by atoms with E-state index in [1.807, 2.05) is 13.0 Å². The largest absolute Gasteiger partial charge is 0.497 e. The smallest absolute Gasteiger partial charge is 0.257 e. The predicted molar refractivity (Wildman–Crippen MR) is 81.5 cm³/mol. The van der Waals surface area contributed by atoms with Crippen LogP contribution in [-0.2, 0) is 0 Å². The average Bonchev–Trinajstić information content (AvgIpc) is 2.42. The second-order valence-corrected chi connectivity index (χ2v) is 4.80. The molecular formula is C15H15ClN2O2. The Balaban J connectivity index is 2.28. The zero-order valence-electron chi connectivity index (χ0n) is 11.2. The third kappa shape index (κ3) is 3.03. The number of halogens is 1. The summed E-state index contributed by atoms with van der Waals surface area (Å²) in [6.07, 6.45) is 0. The fourth-order valence-electron chi connectivity index (χ4n) is 1.77. The Kier molecular flexibility index (Phi) is 4.15. The molecule has 0 fully saturated rings. The first-order chi connectivity index (χ1) is 9.51. The lowest BCUT2D eigenvalue weighted by molar-refractivity contribution is 0.102. The van der Waals surface area contributed by atoms with E-state index in [1.165, 1.54) is 7.11 Å². The summed E-state index contributed by atoms with van der Waals surface area (Å²) in [5.74, 6) is 0.242. The third-order valence-corrected chi connectivity index (χ3v) is 3.19. The van der Waals surface area contributed by atoms with Crippen molar-refractivity contribution in [2.45, 2.75) is 6.92 Å². The number of amides is 1. The molecule has 20 heavy (non-hydrogen) atoms. The first-order valence-electron chi connectivity index (χ1n) is 6.02. The molecule has 1 amide bonds. The summed E-state index contributed by atoms with van der Waals surface area (Å²) in [5.41, 5.74) is 8.11. The van der Waals surface area contributed by atoms with Crippen molar-refractivity contribution in [3.8, 4) is 5.75 Å². The molecule has 5 heteroatoms. The highest BCUT2D eigenvalue weighted by Gasteiger charge is 2.12. The van der Waals surface area contributed by atoms with Crippen LogP contribution in [0.4, 0.5) is 11.4 Å². The summed E-state index contributed by atoms with van der Waals surface area (Å²) >= 11 is 6.09. The van der Waals surface area contributed by atoms with Crippen molar-refractivity contribution in [1.29, 1.82) is 0 Å². The number of rotatable bonds is 3. The quantitative estimate of drug-likeness (QED) is 0.851. The number of carbonyl (C=O) groups excluding carboxylic acids is 1. The van der Waals surface area contributed by atoms with Gasteiger partial charge in [-0.05, 0) is 42.8 Å². The van der Waals surface area contributed by atoms with Gasteiger partial charge in [0.15, 0.2) is 0 Å². The van der Waals surface area contributed by atoms with Crippen LogP contribution >= 0.6 is 11.6 Å². The molecule has 0 atom stereocenters. The Morgan fingerprint density at radius 2 is 2.00 bits per heavy atom. The maximum Gasteiger partial charge on any atom is 0.257 e. The van der Waals surface area contributed by atoms with Crippen molar-refractivity contribution in [2.75, 3.05) is 18.2 Å². The van der Waals surface area contributed by atoms with Gasteiger partial charge in [-0.15, -0.1) is 0 Å². The van der Waals surface area contributed by atoms with E-state index in [4.69, 9.17) is 22.1 Å². The minimum atomic E-state index is -0.327. The first kappa shape index (κ1) is 14.2. The Labute approximate surface area is 122 Å². The highest BCUT2D eigenvalue weighted by molar-refractivity contribution is 6.34. The van der Waals surface area contributed by atoms with Crippen LogP contribution in [-0.4, -0.2) is 13.0 Å². The average molecular weight is 291 g/mol. The molecule has 0 aliphatic carbocycles. The van der Waals surface area contributed by atoms with E-state index in [0.717, 1.165) is 5.56 Å². The Hall–Kier alpha value is -2.20. The standard InChI is InChI=1S/C15H15ClN2O2/c1-9-3-6-14(12(16)7-9)18-15(19)11-8-10(20-2)4-5-13(11)17/h3-8H,17H2,1-2H3,(H,18,19). The van der Waals surface area contributed by atoms with Gasteiger partial charge in [-0.1, -0.05) is 17.7 Å². The van der Waals surface area contributed by atoms with Gasteiger partial charge in [0.1, 0.15) is 5.75 Å². The molecule has 0 aliphatic heterocycles. The molecule has 3 N–H and O–H groups in total. The van der Waals surface area contributed by atoms with E-state index in [2.05, 4.69) is 5.32 Å². The second-order valence-electron chi connectivity index (χ2n) is 4.39. The van der Waals surface area contributed by atoms with E-state index in [1.54, 1.807) is 30.3 Å². The maximum absolute atomic E-state index is 12.2. The molecule has 2 rings (SSSR count). The number of nitrogen functional groups attached to an aromatic ring is 1. The number of aryl methyl sites for hydroxylation is 1. The molecule has 104 valence electrons. The van der Waals surface area contributed by atoms with Crippen molar-refractivity contribution < 1.29 is 9.53 Å². The van der Waals surface area contributed by atoms with Gasteiger partial charge in [-0.2, -0.15) is 0 Å². The Morgan fingerprint density at radius 3 is 2.65 bits per heavy atom. The number of hydrogen-bond acceptors (Lipinski definition) is 3. The summed E-state index contributed by atoms with van der Waals surface area (Å²) in [6, 6.07) is 10.3. The van der Waals surface area contributed by atoms with Crippen LogP contribution in [0.5, 0.6) is 5.75 Å². The van der Waals surface area contributed by atoms with Crippen molar-refractivity contribution in [3.63, 3.8) is 0 Å². The molecule has 0 spiro atoms. The summed E-state index contributed by atoms with van der Waals surface area (Å²) in [4.78, 5) is 12.2. The molecule has 0 radical (unpaired) electrons. The number of hydrogen-bond donors (Lipinski definition) is 2. The van der Waals surface area contributed by atoms with Gasteiger partial charge in [-0.3, -0.25) is 4.79 Å². The lowest BCUT2D eigenvalue weighted by Gasteiger charge is -2.10. The van der Waals surface area contributed by atoms with Crippen LogP contribution in [0.25, 0.3) is 0 Å². The van der Waals surface area contributed by atoms with Crippen LogP contribution in [0, 0.1) is 6.92 Å². The summed E-state index contributed by atoms with van der Waals surface area (Å²) in [7, 11) is 1.53. The highest BCUT2D eigenvalue weighted by atomic mass is 35.5. The summed E-state index contributed by atoms with van der Waals surface area (Å²) in [6.45, 7) is 1.93. The van der Waals surface area contributed by atoms with Crippen molar-refractivity contribution in [1.82, 2.24) is 0 Å². The molecule has 0 saturated carbocycles. The number of anilines is 2. The lowest BCUT2D eigenvalue weighted by Crippen LogP contribution is -2.14. The van der Waals surface area contributed by atoms with E-state index < -0.39 is 0 Å². The first-order valence-corrected chi connectivity index (χ1v) is 6.40. The van der Waals surface area contributed by atoms with Crippen LogP contribution in [0.3, 0.4) is 0 Å². The van der Waals surface area contributed by atoms with Crippen molar-refractivity contribution in [3.05, 3.63) is 52.5 Å². The third-order valence-electron chi connectivity index (χ3n) is 2.88. The topological polar surface area (TPSA) is 64.3 Å². The fourth-order valence-corrected chi connectivity index (χ4v) is 2.05. The van der Waals surface area contributed by atoms with Crippen LogP contribution in [0.2, 0.25) is 5.02 Å². The molecule has 0 bridgehead atoms. The molecule has 2 aromatic carbocycles. The molecule has 0 unspecified atom stereocenters. The number of methoxy groups -OCH3 is 1. The molecule has 4 nitrogen and oxygen atoms in total. The monoisotopic (exact) mass is 290 g/mol. The van der Waals surface area contributed by atoms with Gasteiger partial charge in [0.2, 0.25) is 0 Å². The fraction of sp³-hybridized carbons (Fsp3) is 0.133. The van der Waals surface area contributed by atoms with E-state index in [9.17, 15) is 4.79 Å². The van der Waals surface area contributed by atoms with E-state index in [-0.39, 0.29) is 5.91 Å². The SMILES string of the molecule is COc1ccc(N)c(C(=O)Nc2ccc(C)cc2Cl)c1. The van der Waals surface area contributed by atoms with Crippen molar-refractivity contribution >= 4 is 28.9 Å². The Bertz CT molecular complexity index is 656. The predicted octanol–water partition coefficient (Wildman–Crippen LogP) is 3.49. The van der Waals surface area contributed by atoms with E-state index >= 15 is 0 Å². The van der Waals surface area contributed by atoms with Gasteiger partial charge < -0.3 is 15.8 Å². The zero-order chi connectivity index (χ0) is 14.7. The van der Waals surface area contributed by atoms with Gasteiger partial charge in [0.05, 0.1) is 23.4 Å². The van der Waals surface area contributed by atoms with Crippen LogP contribution in [0.15, 0.2) is 36.4 Å². The molecule has 0 heterocycles. The zero-order valence-corrected chi connectivity index (χ0v) is 12.0. The Morgan fingerprint density at radius 1 is 1.25 bits per heavy atom. The maximum atomic E-state index is 12.2. The highest BCUT2D eigenvalue weighted by Crippen LogP contribution is 2.25. The number of nitrogens with two attached hydrogens (primary N) is 1. The van der Waals surface area contributed by atoms with E-state index in [0.29, 0.717) is 27.7 Å². The second kappa shape index (κ2) is 5.84. The van der Waals surface area contributed by atoms with Gasteiger partial charge in [-0.25, -0.2) is 0 Å². The summed E-state index contributed by atoms with van der Waals surface area (Å²) in [5, 5.41) is 3.23. The minimum Gasteiger partial charge on any atom is -0.497 e. The molecule has 0 saturated heterocycles. The van der Waals surface area contributed by atoms with Gasteiger partial charge in [0, 0.05) is 5.69 Å². The number of benzene rings is 2. The van der Waals surface area contributed by atoms with Gasteiger partial charge in [0.25, 0.3) is 5.91 Å². The molecule has 0 aromatic heterocycles. The molecular weight excluding hydrogens is 276 g/mol. The summed E-state index contributed by atoms with van der Waals surface area (Å²) < 4.78 is 5.09. The molecule has 0 aliphatic rings. The van der Waals surface area contributed by atoms with Gasteiger partial charge >= 0.3 is 0 Å². The van der Waals surface area contributed by atoms with Crippen molar-refractivity contribution in [2.24, 2.45) is 0 Å². The lowest BCUT2D eigenvalue weighted by atomic mass is 10.1. The number of nitrogens with one attached hydrogen (secondary N) is 1. The minimum absolute atomic E-state index is 0.327. The van der Waals surface area contributed by atoms with Crippen LogP contribution < -0.4 is 15.8 Å². The normalized spacial score (nSPS) is 10.2. The number of carbonyl (C=O) groups is 1. The number of ether oxygens (including phenoxy) is 1. The van der Waals surface area contributed by atoms with Crippen LogP contribution in [0.1, 0.15) is 15.9 Å².